The van der Waals surface area contributed by atoms with Crippen LogP contribution in [-0.4, -0.2) is 28.9 Å². The Balaban J connectivity index is 1.78. The summed E-state index contributed by atoms with van der Waals surface area (Å²) < 4.78 is 6.89. The number of hydrogen-bond donors (Lipinski definition) is 2. The minimum Gasteiger partial charge on any atom is -0.504 e. The Morgan fingerprint density at radius 1 is 1.12 bits per heavy atom. The average molecular weight is 335 g/mol. The molecule has 0 radical (unpaired) electrons. The number of carbonyl (C=O) groups is 1. The third kappa shape index (κ3) is 3.53. The Bertz CT molecular complexity index is 902. The molecule has 3 rings (SSSR count). The molecule has 126 valence electrons. The van der Waals surface area contributed by atoms with Crippen LogP contribution in [0.3, 0.4) is 0 Å². The second-order valence-corrected chi connectivity index (χ2v) is 5.20. The van der Waals surface area contributed by atoms with Crippen molar-refractivity contribution in [2.24, 2.45) is 5.10 Å². The number of carbonyl (C=O) groups excluding carboxylic acids is 1. The summed E-state index contributed by atoms with van der Waals surface area (Å²) >= 11 is 0. The van der Waals surface area contributed by atoms with E-state index in [4.69, 9.17) is 4.74 Å². The first-order chi connectivity index (χ1) is 12.2. The summed E-state index contributed by atoms with van der Waals surface area (Å²) in [5, 5.41) is 13.9. The van der Waals surface area contributed by atoms with Gasteiger partial charge >= 0.3 is 0 Å². The van der Waals surface area contributed by atoms with Gasteiger partial charge in [0.25, 0.3) is 5.91 Å². The highest BCUT2D eigenvalue weighted by molar-refractivity contribution is 5.98. The van der Waals surface area contributed by atoms with Crippen LogP contribution in [0.1, 0.15) is 15.9 Å². The highest BCUT2D eigenvalue weighted by atomic mass is 16.5. The lowest BCUT2D eigenvalue weighted by Crippen LogP contribution is -2.19. The van der Waals surface area contributed by atoms with Crippen LogP contribution < -0.4 is 10.2 Å². The molecule has 0 unspecified atom stereocenters. The molecule has 2 N–H and O–H groups in total. The van der Waals surface area contributed by atoms with Crippen molar-refractivity contribution in [2.45, 2.75) is 0 Å². The van der Waals surface area contributed by atoms with Crippen molar-refractivity contribution in [3.63, 3.8) is 0 Å². The lowest BCUT2D eigenvalue weighted by atomic mass is 10.1. The van der Waals surface area contributed by atoms with Crippen LogP contribution in [0, 0.1) is 0 Å². The molecule has 3 aromatic rings. The number of phenolic OH excluding ortho intramolecular Hbond substituents is 1. The number of amides is 1. The van der Waals surface area contributed by atoms with E-state index in [9.17, 15) is 9.90 Å². The topological polar surface area (TPSA) is 75.8 Å². The molecule has 25 heavy (non-hydrogen) atoms. The molecule has 6 nitrogen and oxygen atoms in total. The monoisotopic (exact) mass is 335 g/mol. The number of aromatic nitrogens is 1. The summed E-state index contributed by atoms with van der Waals surface area (Å²) in [5.41, 5.74) is 4.17. The number of para-hydroxylation sites is 2. The lowest BCUT2D eigenvalue weighted by Gasteiger charge is -2.09. The zero-order chi connectivity index (χ0) is 17.6. The van der Waals surface area contributed by atoms with Gasteiger partial charge < -0.3 is 14.4 Å². The van der Waals surface area contributed by atoms with Crippen LogP contribution in [0.5, 0.6) is 11.5 Å². The number of nitrogens with zero attached hydrogens (tertiary/aromatic N) is 2. The van der Waals surface area contributed by atoms with Crippen molar-refractivity contribution in [1.82, 2.24) is 9.99 Å². The number of phenols is 1. The number of aromatic hydroxyl groups is 1. The van der Waals surface area contributed by atoms with Crippen LogP contribution in [0.4, 0.5) is 0 Å². The van der Waals surface area contributed by atoms with Crippen LogP contribution in [-0.2, 0) is 0 Å². The van der Waals surface area contributed by atoms with Crippen molar-refractivity contribution in [3.05, 3.63) is 78.1 Å². The summed E-state index contributed by atoms with van der Waals surface area (Å²) in [6, 6.07) is 16.0. The number of nitrogens with one attached hydrogen (secondary N) is 1. The second-order valence-electron chi connectivity index (χ2n) is 5.20. The highest BCUT2D eigenvalue weighted by Crippen LogP contribution is 2.27. The van der Waals surface area contributed by atoms with E-state index in [2.05, 4.69) is 10.5 Å². The normalized spacial score (nSPS) is 10.8. The third-order valence-electron chi connectivity index (χ3n) is 3.65. The van der Waals surface area contributed by atoms with Gasteiger partial charge in [-0.1, -0.05) is 18.2 Å². The Hall–Kier alpha value is -3.54. The zero-order valence-corrected chi connectivity index (χ0v) is 13.6. The third-order valence-corrected chi connectivity index (χ3v) is 3.65. The SMILES string of the molecule is COc1cccc(/C=N/NC(=O)c2ccccc2-n2cccc2)c1O. The van der Waals surface area contributed by atoms with Crippen molar-refractivity contribution in [2.75, 3.05) is 7.11 Å². The van der Waals surface area contributed by atoms with E-state index in [0.29, 0.717) is 16.9 Å². The first-order valence-corrected chi connectivity index (χ1v) is 7.62. The molecule has 2 aromatic carbocycles. The van der Waals surface area contributed by atoms with Crippen LogP contribution in [0.15, 0.2) is 72.1 Å². The van der Waals surface area contributed by atoms with E-state index in [1.54, 1.807) is 30.3 Å². The van der Waals surface area contributed by atoms with Crippen LogP contribution in [0.25, 0.3) is 5.69 Å². The van der Waals surface area contributed by atoms with Crippen molar-refractivity contribution >= 4 is 12.1 Å². The molecule has 0 fully saturated rings. The molecule has 0 atom stereocenters. The van der Waals surface area contributed by atoms with Crippen LogP contribution in [0.2, 0.25) is 0 Å². The molecule has 0 bridgehead atoms. The Labute approximate surface area is 145 Å². The highest BCUT2D eigenvalue weighted by Gasteiger charge is 2.11. The van der Waals surface area contributed by atoms with Gasteiger partial charge in [-0.25, -0.2) is 5.43 Å². The molecule has 0 aliphatic heterocycles. The second kappa shape index (κ2) is 7.35. The Morgan fingerprint density at radius 3 is 2.64 bits per heavy atom. The summed E-state index contributed by atoms with van der Waals surface area (Å²) in [7, 11) is 1.47. The van der Waals surface area contributed by atoms with Crippen molar-refractivity contribution in [1.29, 1.82) is 0 Å². The molecular weight excluding hydrogens is 318 g/mol. The first kappa shape index (κ1) is 16.3. The van der Waals surface area contributed by atoms with Crippen molar-refractivity contribution in [3.8, 4) is 17.2 Å². The molecule has 1 heterocycles. The van der Waals surface area contributed by atoms with E-state index >= 15 is 0 Å². The summed E-state index contributed by atoms with van der Waals surface area (Å²) in [5.74, 6) is -0.0353. The van der Waals surface area contributed by atoms with E-state index in [-0.39, 0.29) is 11.7 Å². The predicted molar refractivity (Wildman–Crippen MR) is 95.5 cm³/mol. The van der Waals surface area contributed by atoms with Gasteiger partial charge in [0.1, 0.15) is 0 Å². The lowest BCUT2D eigenvalue weighted by molar-refractivity contribution is 0.0955. The minimum atomic E-state index is -0.345. The average Bonchev–Trinajstić information content (AvgIpc) is 3.17. The minimum absolute atomic E-state index is 0.0317. The van der Waals surface area contributed by atoms with Gasteiger partial charge in [0.15, 0.2) is 11.5 Å². The number of benzene rings is 2. The van der Waals surface area contributed by atoms with Crippen LogP contribution >= 0.6 is 0 Å². The molecule has 0 aliphatic rings. The molecule has 0 saturated carbocycles. The predicted octanol–water partition coefficient (Wildman–Crippen LogP) is 2.96. The standard InChI is InChI=1S/C19H17N3O3/c1-25-17-10-6-7-14(18(17)23)13-20-21-19(24)15-8-2-3-9-16(15)22-11-4-5-12-22/h2-13,23H,1H3,(H,21,24)/b20-13+. The first-order valence-electron chi connectivity index (χ1n) is 7.62. The van der Waals surface area contributed by atoms with Gasteiger partial charge in [0.05, 0.1) is 24.6 Å². The van der Waals surface area contributed by atoms with Gasteiger partial charge in [0.2, 0.25) is 0 Å². The fraction of sp³-hybridized carbons (Fsp3) is 0.0526. The van der Waals surface area contributed by atoms with Gasteiger partial charge in [-0.3, -0.25) is 4.79 Å². The summed E-state index contributed by atoms with van der Waals surface area (Å²) in [6.45, 7) is 0. The van der Waals surface area contributed by atoms with E-state index < -0.39 is 0 Å². The van der Waals surface area contributed by atoms with E-state index in [1.807, 2.05) is 41.2 Å². The van der Waals surface area contributed by atoms with Crippen molar-refractivity contribution < 1.29 is 14.6 Å². The zero-order valence-electron chi connectivity index (χ0n) is 13.6. The Kier molecular flexibility index (Phi) is 4.80. The molecule has 0 spiro atoms. The fourth-order valence-electron chi connectivity index (χ4n) is 2.41. The number of hydrazone groups is 1. The molecule has 6 heteroatoms. The van der Waals surface area contributed by atoms with E-state index in [1.165, 1.54) is 13.3 Å². The summed E-state index contributed by atoms with van der Waals surface area (Å²) in [4.78, 5) is 12.4. The molecule has 0 aliphatic carbocycles. The smallest absolute Gasteiger partial charge is 0.273 e. The van der Waals surface area contributed by atoms with Gasteiger partial charge in [0, 0.05) is 18.0 Å². The number of hydrogen-bond acceptors (Lipinski definition) is 4. The van der Waals surface area contributed by atoms with Gasteiger partial charge in [-0.15, -0.1) is 0 Å². The van der Waals surface area contributed by atoms with Gasteiger partial charge in [-0.05, 0) is 36.4 Å². The number of rotatable bonds is 5. The molecule has 0 saturated heterocycles. The molecular formula is C19H17N3O3. The fourth-order valence-corrected chi connectivity index (χ4v) is 2.41. The summed E-state index contributed by atoms with van der Waals surface area (Å²) in [6.07, 6.45) is 5.10. The quantitative estimate of drug-likeness (QED) is 0.556. The number of ether oxygens (including phenoxy) is 1. The van der Waals surface area contributed by atoms with Gasteiger partial charge in [-0.2, -0.15) is 5.10 Å². The number of methoxy groups -OCH3 is 1. The Morgan fingerprint density at radius 2 is 1.88 bits per heavy atom. The maximum absolute atomic E-state index is 12.4. The molecule has 1 aromatic heterocycles. The maximum Gasteiger partial charge on any atom is 0.273 e. The molecule has 1 amide bonds. The maximum atomic E-state index is 12.4. The van der Waals surface area contributed by atoms with E-state index in [0.717, 1.165) is 5.69 Å². The largest absolute Gasteiger partial charge is 0.504 e.